The Labute approximate surface area is 173 Å². The molecule has 0 bridgehead atoms. The summed E-state index contributed by atoms with van der Waals surface area (Å²) in [5, 5.41) is 21.3. The first-order valence-electron chi connectivity index (χ1n) is 9.75. The molecule has 4 atom stereocenters. The fraction of sp³-hybridized carbons (Fsp3) is 0.455. The molecule has 30 heavy (non-hydrogen) atoms. The maximum Gasteiger partial charge on any atom is 0.254 e. The Balaban J connectivity index is 1.89. The Bertz CT molecular complexity index is 933. The molecule has 1 aliphatic heterocycles. The first-order chi connectivity index (χ1) is 14.1. The number of carbonyl (C=O) groups excluding carboxylic acids is 1. The zero-order valence-corrected chi connectivity index (χ0v) is 17.3. The number of rotatable bonds is 5. The number of halogens is 2. The number of nitrogens with zero attached hydrogens (tertiary/aromatic N) is 1. The highest BCUT2D eigenvalue weighted by atomic mass is 19.2. The molecule has 1 amide bonds. The van der Waals surface area contributed by atoms with Crippen molar-refractivity contribution in [2.75, 3.05) is 11.9 Å². The fourth-order valence-corrected chi connectivity index (χ4v) is 3.86. The maximum atomic E-state index is 14.2. The van der Waals surface area contributed by atoms with E-state index in [0.717, 1.165) is 6.07 Å². The summed E-state index contributed by atoms with van der Waals surface area (Å²) in [6.45, 7) is 6.68. The number of anilines is 1. The van der Waals surface area contributed by atoms with Crippen LogP contribution in [0.1, 0.15) is 49.6 Å². The van der Waals surface area contributed by atoms with E-state index in [1.54, 1.807) is 6.07 Å². The number of hydrogen-bond donors (Lipinski definition) is 3. The number of nitrogens with one attached hydrogen (secondary N) is 1. The smallest absolute Gasteiger partial charge is 0.254 e. The normalized spacial score (nSPS) is 23.9. The van der Waals surface area contributed by atoms with Gasteiger partial charge in [-0.05, 0) is 56.0 Å². The Morgan fingerprint density at radius 2 is 2.00 bits per heavy atom. The van der Waals surface area contributed by atoms with Crippen LogP contribution in [0.4, 0.5) is 14.5 Å². The van der Waals surface area contributed by atoms with Gasteiger partial charge in [0.1, 0.15) is 12.2 Å². The lowest BCUT2D eigenvalue weighted by molar-refractivity contribution is -0.131. The van der Waals surface area contributed by atoms with Crippen molar-refractivity contribution in [1.82, 2.24) is 4.98 Å². The molecule has 2 heterocycles. The quantitative estimate of drug-likeness (QED) is 0.691. The van der Waals surface area contributed by atoms with Crippen LogP contribution < -0.4 is 5.32 Å². The van der Waals surface area contributed by atoms with E-state index >= 15 is 0 Å². The predicted octanol–water partition coefficient (Wildman–Crippen LogP) is 3.23. The van der Waals surface area contributed by atoms with Gasteiger partial charge in [-0.25, -0.2) is 8.78 Å². The zero-order valence-electron chi connectivity index (χ0n) is 17.3. The molecule has 1 aromatic carbocycles. The Kier molecular flexibility index (Phi) is 6.21. The SMILES string of the molecule is Cc1c([C@@H]2[C@@H](C)C(C)(C)O[C@H]2C(=O)Nc2ccc([C@@H](O)CO)nc2)ccc(F)c1F. The number of aliphatic hydroxyl groups excluding tert-OH is 2. The van der Waals surface area contributed by atoms with Gasteiger partial charge in [0, 0.05) is 5.92 Å². The van der Waals surface area contributed by atoms with Crippen molar-refractivity contribution in [2.24, 2.45) is 5.92 Å². The average Bonchev–Trinajstić information content (AvgIpc) is 2.96. The minimum Gasteiger partial charge on any atom is -0.393 e. The number of amides is 1. The highest BCUT2D eigenvalue weighted by molar-refractivity contribution is 5.95. The fourth-order valence-electron chi connectivity index (χ4n) is 3.86. The molecule has 2 aromatic rings. The van der Waals surface area contributed by atoms with Gasteiger partial charge >= 0.3 is 0 Å². The molecular formula is C22H26F2N2O4. The van der Waals surface area contributed by atoms with Crippen molar-refractivity contribution in [2.45, 2.75) is 51.4 Å². The minimum absolute atomic E-state index is 0.142. The van der Waals surface area contributed by atoms with Gasteiger partial charge in [0.05, 0.1) is 29.8 Å². The molecule has 3 N–H and O–H groups in total. The third kappa shape index (κ3) is 4.08. The van der Waals surface area contributed by atoms with Crippen LogP contribution in [0.15, 0.2) is 30.5 Å². The Hall–Kier alpha value is -2.42. The van der Waals surface area contributed by atoms with E-state index in [9.17, 15) is 18.7 Å². The summed E-state index contributed by atoms with van der Waals surface area (Å²) in [4.78, 5) is 17.1. The van der Waals surface area contributed by atoms with Gasteiger partial charge in [0.25, 0.3) is 5.91 Å². The van der Waals surface area contributed by atoms with Crippen molar-refractivity contribution in [3.63, 3.8) is 0 Å². The summed E-state index contributed by atoms with van der Waals surface area (Å²) in [7, 11) is 0. The van der Waals surface area contributed by atoms with Crippen LogP contribution in [0.3, 0.4) is 0 Å². The first-order valence-corrected chi connectivity index (χ1v) is 9.75. The van der Waals surface area contributed by atoms with Crippen molar-refractivity contribution < 1.29 is 28.5 Å². The molecule has 0 radical (unpaired) electrons. The van der Waals surface area contributed by atoms with Crippen LogP contribution in [0.2, 0.25) is 0 Å². The van der Waals surface area contributed by atoms with E-state index in [2.05, 4.69) is 10.3 Å². The number of aromatic nitrogens is 1. The largest absolute Gasteiger partial charge is 0.393 e. The lowest BCUT2D eigenvalue weighted by Gasteiger charge is -2.25. The predicted molar refractivity (Wildman–Crippen MR) is 107 cm³/mol. The van der Waals surface area contributed by atoms with Gasteiger partial charge in [0.2, 0.25) is 0 Å². The van der Waals surface area contributed by atoms with Gasteiger partial charge in [-0.1, -0.05) is 13.0 Å². The van der Waals surface area contributed by atoms with E-state index in [1.165, 1.54) is 25.3 Å². The highest BCUT2D eigenvalue weighted by Crippen LogP contribution is 2.47. The van der Waals surface area contributed by atoms with Crippen molar-refractivity contribution in [1.29, 1.82) is 0 Å². The Morgan fingerprint density at radius 3 is 2.60 bits per heavy atom. The molecule has 162 valence electrons. The molecule has 0 unspecified atom stereocenters. The summed E-state index contributed by atoms with van der Waals surface area (Å²) in [6, 6.07) is 5.63. The second-order valence-corrected chi connectivity index (χ2v) is 8.19. The molecule has 1 saturated heterocycles. The topological polar surface area (TPSA) is 91.7 Å². The Morgan fingerprint density at radius 1 is 1.30 bits per heavy atom. The molecule has 0 saturated carbocycles. The average molecular weight is 420 g/mol. The first kappa shape index (κ1) is 22.3. The van der Waals surface area contributed by atoms with Crippen LogP contribution in [0.25, 0.3) is 0 Å². The molecule has 1 aliphatic rings. The van der Waals surface area contributed by atoms with Crippen LogP contribution >= 0.6 is 0 Å². The molecule has 8 heteroatoms. The standard InChI is InChI=1S/C22H26F2N2O4/c1-11-14(6-7-15(23)19(11)24)18-12(2)22(3,4)30-20(18)21(29)26-13-5-8-16(25-9-13)17(28)10-27/h5-9,12,17-18,20,27-28H,10H2,1-4H3,(H,26,29)/t12-,17+,18+,20-/m1/s1. The van der Waals surface area contributed by atoms with Gasteiger partial charge in [-0.3, -0.25) is 9.78 Å². The molecule has 6 nitrogen and oxygen atoms in total. The van der Waals surface area contributed by atoms with Gasteiger partial charge in [0.15, 0.2) is 11.6 Å². The van der Waals surface area contributed by atoms with Crippen LogP contribution in [-0.2, 0) is 9.53 Å². The minimum atomic E-state index is -1.10. The number of aliphatic hydroxyl groups is 2. The van der Waals surface area contributed by atoms with Crippen LogP contribution in [-0.4, -0.2) is 39.4 Å². The molecular weight excluding hydrogens is 394 g/mol. The van der Waals surface area contributed by atoms with E-state index in [-0.39, 0.29) is 17.2 Å². The van der Waals surface area contributed by atoms with Crippen molar-refractivity contribution >= 4 is 11.6 Å². The summed E-state index contributed by atoms with van der Waals surface area (Å²) < 4.78 is 33.9. The highest BCUT2D eigenvalue weighted by Gasteiger charge is 2.51. The second kappa shape index (κ2) is 8.37. The number of benzene rings is 1. The van der Waals surface area contributed by atoms with E-state index < -0.39 is 47.9 Å². The molecule has 3 rings (SSSR count). The third-order valence-electron chi connectivity index (χ3n) is 5.96. The number of carbonyl (C=O) groups is 1. The van der Waals surface area contributed by atoms with Crippen LogP contribution in [0.5, 0.6) is 0 Å². The maximum absolute atomic E-state index is 14.2. The summed E-state index contributed by atoms with van der Waals surface area (Å²) in [5.41, 5.74) is 0.701. The summed E-state index contributed by atoms with van der Waals surface area (Å²) in [6.07, 6.45) is -0.649. The van der Waals surface area contributed by atoms with Gasteiger partial charge in [-0.2, -0.15) is 0 Å². The lowest BCUT2D eigenvalue weighted by atomic mass is 9.77. The van der Waals surface area contributed by atoms with Gasteiger partial charge in [-0.15, -0.1) is 0 Å². The van der Waals surface area contributed by atoms with Crippen molar-refractivity contribution in [3.8, 4) is 0 Å². The summed E-state index contributed by atoms with van der Waals surface area (Å²) in [5.74, 6) is -2.90. The molecule has 0 spiro atoms. The third-order valence-corrected chi connectivity index (χ3v) is 5.96. The summed E-state index contributed by atoms with van der Waals surface area (Å²) >= 11 is 0. The zero-order chi connectivity index (χ0) is 22.2. The number of ether oxygens (including phenoxy) is 1. The number of hydrogen-bond acceptors (Lipinski definition) is 5. The monoisotopic (exact) mass is 420 g/mol. The molecule has 0 aliphatic carbocycles. The van der Waals surface area contributed by atoms with Crippen LogP contribution in [0, 0.1) is 24.5 Å². The van der Waals surface area contributed by atoms with E-state index in [4.69, 9.17) is 9.84 Å². The molecule has 1 fully saturated rings. The van der Waals surface area contributed by atoms with E-state index in [0.29, 0.717) is 11.3 Å². The van der Waals surface area contributed by atoms with Crippen molar-refractivity contribution in [3.05, 3.63) is 58.9 Å². The van der Waals surface area contributed by atoms with E-state index in [1.807, 2.05) is 20.8 Å². The second-order valence-electron chi connectivity index (χ2n) is 8.19. The number of pyridine rings is 1. The lowest BCUT2D eigenvalue weighted by Crippen LogP contribution is -2.33. The molecule has 1 aromatic heterocycles. The van der Waals surface area contributed by atoms with Gasteiger partial charge < -0.3 is 20.3 Å².